The summed E-state index contributed by atoms with van der Waals surface area (Å²) in [7, 11) is 1.31. The minimum absolute atomic E-state index is 0.000245. The van der Waals surface area contributed by atoms with Gasteiger partial charge in [-0.2, -0.15) is 0 Å². The van der Waals surface area contributed by atoms with Crippen molar-refractivity contribution < 1.29 is 14.3 Å². The standard InChI is InChI=1S/C22H22ClN5O3S/c1-31-21(29)14-3-2-4-17(11-14)28(32)22(30)26-16-7-9-27(10-8-16)20-18-6-5-15(23)12-19(18)24-13-25-20/h2-6,11-13,16,32H,7-10H2,1H3,(H,26,30). The number of hydrogen-bond donors (Lipinski definition) is 2. The van der Waals surface area contributed by atoms with Gasteiger partial charge < -0.3 is 15.0 Å². The molecule has 0 spiro atoms. The van der Waals surface area contributed by atoms with E-state index < -0.39 is 5.97 Å². The number of nitrogens with one attached hydrogen (secondary N) is 1. The van der Waals surface area contributed by atoms with Crippen molar-refractivity contribution in [3.8, 4) is 0 Å². The van der Waals surface area contributed by atoms with Crippen LogP contribution >= 0.6 is 24.4 Å². The normalized spacial score (nSPS) is 14.3. The molecule has 2 heterocycles. The maximum Gasteiger partial charge on any atom is 0.337 e. The predicted octanol–water partition coefficient (Wildman–Crippen LogP) is 4.10. The Morgan fingerprint density at radius 1 is 1.19 bits per heavy atom. The largest absolute Gasteiger partial charge is 0.465 e. The van der Waals surface area contributed by atoms with Crippen LogP contribution in [0.15, 0.2) is 48.8 Å². The lowest BCUT2D eigenvalue weighted by Crippen LogP contribution is -2.47. The number of nitrogens with zero attached hydrogens (tertiary/aromatic N) is 4. The number of carbonyl (C=O) groups excluding carboxylic acids is 2. The van der Waals surface area contributed by atoms with Gasteiger partial charge in [-0.25, -0.2) is 23.9 Å². The van der Waals surface area contributed by atoms with E-state index in [0.717, 1.165) is 42.7 Å². The summed E-state index contributed by atoms with van der Waals surface area (Å²) in [6, 6.07) is 11.8. The average molecular weight is 472 g/mol. The molecule has 2 aromatic carbocycles. The molecular weight excluding hydrogens is 450 g/mol. The summed E-state index contributed by atoms with van der Waals surface area (Å²) >= 11 is 10.4. The van der Waals surface area contributed by atoms with Gasteiger partial charge in [0.25, 0.3) is 0 Å². The van der Waals surface area contributed by atoms with Gasteiger partial charge in [-0.3, -0.25) is 0 Å². The van der Waals surface area contributed by atoms with Gasteiger partial charge in [0.1, 0.15) is 12.1 Å². The van der Waals surface area contributed by atoms with Gasteiger partial charge >= 0.3 is 12.0 Å². The number of ether oxygens (including phenoxy) is 1. The third-order valence-electron chi connectivity index (χ3n) is 5.40. The third-order valence-corrected chi connectivity index (χ3v) is 6.05. The van der Waals surface area contributed by atoms with Crippen LogP contribution in [-0.2, 0) is 4.74 Å². The van der Waals surface area contributed by atoms with Crippen LogP contribution in [0, 0.1) is 0 Å². The number of piperidine rings is 1. The van der Waals surface area contributed by atoms with E-state index in [9.17, 15) is 9.59 Å². The second-order valence-electron chi connectivity index (χ2n) is 7.42. The first-order chi connectivity index (χ1) is 15.5. The van der Waals surface area contributed by atoms with Crippen LogP contribution in [0.25, 0.3) is 10.9 Å². The second kappa shape index (κ2) is 9.62. The van der Waals surface area contributed by atoms with E-state index in [4.69, 9.17) is 16.3 Å². The fourth-order valence-corrected chi connectivity index (χ4v) is 4.09. The smallest absolute Gasteiger partial charge is 0.337 e. The molecule has 4 rings (SSSR count). The van der Waals surface area contributed by atoms with E-state index in [1.807, 2.05) is 18.2 Å². The molecule has 0 atom stereocenters. The number of hydrogen-bond acceptors (Lipinski definition) is 7. The molecule has 1 aliphatic heterocycles. The zero-order valence-corrected chi connectivity index (χ0v) is 19.0. The summed E-state index contributed by atoms with van der Waals surface area (Å²) in [5.41, 5.74) is 1.64. The molecule has 0 aliphatic carbocycles. The van der Waals surface area contributed by atoms with E-state index in [2.05, 4.69) is 33.0 Å². The average Bonchev–Trinajstić information content (AvgIpc) is 2.83. The molecule has 1 N–H and O–H groups in total. The second-order valence-corrected chi connectivity index (χ2v) is 8.26. The summed E-state index contributed by atoms with van der Waals surface area (Å²) in [6.45, 7) is 1.48. The molecule has 8 nitrogen and oxygen atoms in total. The molecule has 1 aliphatic rings. The van der Waals surface area contributed by atoms with Crippen molar-refractivity contribution >= 4 is 58.8 Å². The first-order valence-corrected chi connectivity index (χ1v) is 10.9. The number of anilines is 2. The van der Waals surface area contributed by atoms with Gasteiger partial charge in [0.2, 0.25) is 0 Å². The van der Waals surface area contributed by atoms with Crippen molar-refractivity contribution in [3.63, 3.8) is 0 Å². The lowest BCUT2D eigenvalue weighted by atomic mass is 10.0. The maximum absolute atomic E-state index is 12.7. The lowest BCUT2D eigenvalue weighted by Gasteiger charge is -2.34. The number of urea groups is 1. The van der Waals surface area contributed by atoms with Gasteiger partial charge in [-0.05, 0) is 49.2 Å². The minimum Gasteiger partial charge on any atom is -0.465 e. The highest BCUT2D eigenvalue weighted by Gasteiger charge is 2.25. The maximum atomic E-state index is 12.7. The lowest BCUT2D eigenvalue weighted by molar-refractivity contribution is 0.0600. The SMILES string of the molecule is COC(=O)c1cccc(N(S)C(=O)NC2CCN(c3ncnc4cc(Cl)ccc34)CC2)c1. The molecule has 2 amide bonds. The number of rotatable bonds is 4. The van der Waals surface area contributed by atoms with Crippen molar-refractivity contribution in [1.29, 1.82) is 0 Å². The van der Waals surface area contributed by atoms with Crippen LogP contribution < -0.4 is 14.5 Å². The summed E-state index contributed by atoms with van der Waals surface area (Å²) in [4.78, 5) is 35.4. The molecule has 1 fully saturated rings. The number of thiol groups is 1. The number of aromatic nitrogens is 2. The van der Waals surface area contributed by atoms with Crippen molar-refractivity contribution in [2.24, 2.45) is 0 Å². The molecule has 0 unspecified atom stereocenters. The molecule has 1 saturated heterocycles. The molecule has 0 saturated carbocycles. The molecule has 10 heteroatoms. The molecule has 0 bridgehead atoms. The monoisotopic (exact) mass is 471 g/mol. The van der Waals surface area contributed by atoms with Crippen molar-refractivity contribution in [1.82, 2.24) is 15.3 Å². The van der Waals surface area contributed by atoms with Gasteiger partial charge in [0.15, 0.2) is 0 Å². The van der Waals surface area contributed by atoms with Crippen LogP contribution in [0.3, 0.4) is 0 Å². The summed E-state index contributed by atoms with van der Waals surface area (Å²) in [6.07, 6.45) is 3.06. The first-order valence-electron chi connectivity index (χ1n) is 10.1. The zero-order valence-electron chi connectivity index (χ0n) is 17.4. The van der Waals surface area contributed by atoms with E-state index in [1.54, 1.807) is 30.6 Å². The quantitative estimate of drug-likeness (QED) is 0.440. The van der Waals surface area contributed by atoms with E-state index in [-0.39, 0.29) is 12.1 Å². The topological polar surface area (TPSA) is 87.7 Å². The van der Waals surface area contributed by atoms with Gasteiger partial charge in [0, 0.05) is 29.5 Å². The third kappa shape index (κ3) is 4.73. The van der Waals surface area contributed by atoms with E-state index in [0.29, 0.717) is 16.3 Å². The highest BCUT2D eigenvalue weighted by atomic mass is 35.5. The van der Waals surface area contributed by atoms with E-state index >= 15 is 0 Å². The molecule has 32 heavy (non-hydrogen) atoms. The number of carbonyl (C=O) groups is 2. The number of fused-ring (bicyclic) bond motifs is 1. The summed E-state index contributed by atoms with van der Waals surface area (Å²) < 4.78 is 5.92. The number of halogens is 1. The first kappa shape index (κ1) is 22.2. The number of methoxy groups -OCH3 is 1. The summed E-state index contributed by atoms with van der Waals surface area (Å²) in [5, 5.41) is 4.60. The number of benzene rings is 2. The fourth-order valence-electron chi connectivity index (χ4n) is 3.74. The Morgan fingerprint density at radius 3 is 2.72 bits per heavy atom. The Balaban J connectivity index is 1.38. The van der Waals surface area contributed by atoms with Gasteiger partial charge in [-0.15, -0.1) is 0 Å². The van der Waals surface area contributed by atoms with Crippen molar-refractivity contribution in [3.05, 3.63) is 59.4 Å². The minimum atomic E-state index is -0.471. The van der Waals surface area contributed by atoms with E-state index in [1.165, 1.54) is 11.4 Å². The fraction of sp³-hybridized carbons (Fsp3) is 0.273. The highest BCUT2D eigenvalue weighted by molar-refractivity contribution is 7.82. The molecule has 3 aromatic rings. The Kier molecular flexibility index (Phi) is 6.66. The molecule has 0 radical (unpaired) electrons. The highest BCUT2D eigenvalue weighted by Crippen LogP contribution is 2.28. The van der Waals surface area contributed by atoms with Crippen LogP contribution in [0.5, 0.6) is 0 Å². The summed E-state index contributed by atoms with van der Waals surface area (Å²) in [5.74, 6) is 0.396. The Morgan fingerprint density at radius 2 is 1.97 bits per heavy atom. The Hall–Kier alpha value is -3.04. The molecule has 1 aromatic heterocycles. The van der Waals surface area contributed by atoms with Crippen molar-refractivity contribution in [2.75, 3.05) is 29.4 Å². The van der Waals surface area contributed by atoms with Crippen LogP contribution in [0.2, 0.25) is 5.02 Å². The van der Waals surface area contributed by atoms with Crippen LogP contribution in [0.4, 0.5) is 16.3 Å². The van der Waals surface area contributed by atoms with Crippen LogP contribution in [-0.4, -0.2) is 48.2 Å². The van der Waals surface area contributed by atoms with Gasteiger partial charge in [0.05, 0.1) is 23.9 Å². The zero-order chi connectivity index (χ0) is 22.7. The van der Waals surface area contributed by atoms with Crippen LogP contribution in [0.1, 0.15) is 23.2 Å². The molecule has 166 valence electrons. The van der Waals surface area contributed by atoms with Gasteiger partial charge in [-0.1, -0.05) is 30.5 Å². The predicted molar refractivity (Wildman–Crippen MR) is 128 cm³/mol. The number of amides is 2. The van der Waals surface area contributed by atoms with Crippen molar-refractivity contribution in [2.45, 2.75) is 18.9 Å². The number of esters is 1. The Bertz CT molecular complexity index is 1150. The Labute approximate surface area is 196 Å². The molecular formula is C22H22ClN5O3S.